The van der Waals surface area contributed by atoms with Gasteiger partial charge in [-0.3, -0.25) is 4.57 Å². The first kappa shape index (κ1) is 24.7. The summed E-state index contributed by atoms with van der Waals surface area (Å²) in [5.41, 5.74) is 7.61. The van der Waals surface area contributed by atoms with Gasteiger partial charge in [0, 0.05) is 12.1 Å². The van der Waals surface area contributed by atoms with Gasteiger partial charge in [0.1, 0.15) is 11.3 Å². The lowest BCUT2D eigenvalue weighted by Crippen LogP contribution is -2.11. The Kier molecular flexibility index (Phi) is 8.10. The van der Waals surface area contributed by atoms with Crippen LogP contribution in [0.1, 0.15) is 24.2 Å². The molecule has 0 atom stereocenters. The summed E-state index contributed by atoms with van der Waals surface area (Å²) < 4.78 is 44.5. The number of aromatic nitrogens is 3. The van der Waals surface area contributed by atoms with E-state index in [0.717, 1.165) is 0 Å². The standard InChI is InChI=1S/C22H26FN4O5P/c1-4-31-33(29,32-5-2)18-8-6-7-15(11-18)19-12-16(22(28)30-3)13-20-21(19)25-26-27(20)14-17(23)9-10-24/h6-9,11-13H,4-5,10,14,24H2,1-3H3/b17-9-. The third-order valence-corrected chi connectivity index (χ3v) is 6.86. The van der Waals surface area contributed by atoms with E-state index in [1.165, 1.54) is 23.9 Å². The molecule has 2 aromatic carbocycles. The molecule has 0 unspecified atom stereocenters. The number of esters is 1. The average Bonchev–Trinajstić information content (AvgIpc) is 3.21. The zero-order valence-electron chi connectivity index (χ0n) is 18.7. The molecular weight excluding hydrogens is 450 g/mol. The Morgan fingerprint density at radius 3 is 2.58 bits per heavy atom. The van der Waals surface area contributed by atoms with Crippen LogP contribution in [-0.2, 0) is 24.9 Å². The van der Waals surface area contributed by atoms with Gasteiger partial charge < -0.3 is 19.5 Å². The van der Waals surface area contributed by atoms with Crippen LogP contribution in [0.15, 0.2) is 48.3 Å². The van der Waals surface area contributed by atoms with Gasteiger partial charge in [-0.25, -0.2) is 13.9 Å². The van der Waals surface area contributed by atoms with Crippen molar-refractivity contribution in [1.82, 2.24) is 15.0 Å². The molecule has 0 saturated carbocycles. The highest BCUT2D eigenvalue weighted by atomic mass is 31.2. The molecule has 0 aliphatic heterocycles. The van der Waals surface area contributed by atoms with Crippen LogP contribution in [0.2, 0.25) is 0 Å². The van der Waals surface area contributed by atoms with Crippen LogP contribution in [0.3, 0.4) is 0 Å². The highest BCUT2D eigenvalue weighted by molar-refractivity contribution is 7.62. The minimum Gasteiger partial charge on any atom is -0.465 e. The largest absolute Gasteiger partial charge is 0.465 e. The molecule has 0 aliphatic rings. The minimum absolute atomic E-state index is 0.0453. The van der Waals surface area contributed by atoms with Crippen LogP contribution in [-0.4, -0.2) is 47.8 Å². The molecule has 3 rings (SSSR count). The van der Waals surface area contributed by atoms with Crippen molar-refractivity contribution in [3.63, 3.8) is 0 Å². The molecule has 11 heteroatoms. The molecule has 0 bridgehead atoms. The van der Waals surface area contributed by atoms with E-state index in [0.29, 0.717) is 27.5 Å². The number of allylic oxidation sites excluding steroid dienone is 1. The first-order chi connectivity index (χ1) is 15.9. The van der Waals surface area contributed by atoms with E-state index in [4.69, 9.17) is 19.5 Å². The zero-order valence-corrected chi connectivity index (χ0v) is 19.5. The van der Waals surface area contributed by atoms with Crippen LogP contribution in [0, 0.1) is 0 Å². The van der Waals surface area contributed by atoms with E-state index in [1.54, 1.807) is 44.2 Å². The summed E-state index contributed by atoms with van der Waals surface area (Å²) in [4.78, 5) is 12.3. The van der Waals surface area contributed by atoms with Crippen LogP contribution in [0.4, 0.5) is 4.39 Å². The summed E-state index contributed by atoms with van der Waals surface area (Å²) in [5, 5.41) is 8.62. The van der Waals surface area contributed by atoms with Crippen LogP contribution < -0.4 is 11.0 Å². The monoisotopic (exact) mass is 476 g/mol. The number of nitrogens with two attached hydrogens (primary N) is 1. The number of hydrogen-bond acceptors (Lipinski definition) is 8. The maximum absolute atomic E-state index is 14.1. The lowest BCUT2D eigenvalue weighted by molar-refractivity contribution is 0.0601. The molecule has 0 radical (unpaired) electrons. The van der Waals surface area contributed by atoms with Crippen LogP contribution in [0.25, 0.3) is 22.2 Å². The predicted octanol–water partition coefficient (Wildman–Crippen LogP) is 3.59. The van der Waals surface area contributed by atoms with Gasteiger partial charge in [-0.1, -0.05) is 17.3 Å². The van der Waals surface area contributed by atoms with Crippen molar-refractivity contribution in [2.24, 2.45) is 5.73 Å². The zero-order chi connectivity index (χ0) is 24.0. The van der Waals surface area contributed by atoms with E-state index in [1.807, 2.05) is 0 Å². The Bertz CT molecular complexity index is 1220. The summed E-state index contributed by atoms with van der Waals surface area (Å²) in [5.74, 6) is -1.06. The predicted molar refractivity (Wildman–Crippen MR) is 123 cm³/mol. The normalized spacial score (nSPS) is 12.3. The van der Waals surface area contributed by atoms with E-state index < -0.39 is 19.4 Å². The maximum Gasteiger partial charge on any atom is 0.361 e. The highest BCUT2D eigenvalue weighted by Gasteiger charge is 2.27. The number of benzene rings is 2. The van der Waals surface area contributed by atoms with Gasteiger partial charge in [-0.15, -0.1) is 5.10 Å². The van der Waals surface area contributed by atoms with E-state index >= 15 is 0 Å². The molecule has 0 spiro atoms. The molecule has 33 heavy (non-hydrogen) atoms. The second kappa shape index (κ2) is 10.8. The molecule has 0 fully saturated rings. The first-order valence-corrected chi connectivity index (χ1v) is 11.9. The van der Waals surface area contributed by atoms with Gasteiger partial charge in [0.05, 0.1) is 43.3 Å². The smallest absolute Gasteiger partial charge is 0.361 e. The van der Waals surface area contributed by atoms with Gasteiger partial charge in [0.2, 0.25) is 0 Å². The number of rotatable bonds is 10. The number of ether oxygens (including phenoxy) is 1. The van der Waals surface area contributed by atoms with Crippen molar-refractivity contribution in [2.75, 3.05) is 26.9 Å². The van der Waals surface area contributed by atoms with Crippen molar-refractivity contribution in [3.8, 4) is 11.1 Å². The molecule has 1 heterocycles. The van der Waals surface area contributed by atoms with E-state index in [2.05, 4.69) is 10.3 Å². The second-order valence-electron chi connectivity index (χ2n) is 6.90. The van der Waals surface area contributed by atoms with Crippen LogP contribution >= 0.6 is 7.60 Å². The molecule has 2 N–H and O–H groups in total. The number of nitrogens with zero attached hydrogens (tertiary/aromatic N) is 3. The number of methoxy groups -OCH3 is 1. The number of hydrogen-bond donors (Lipinski definition) is 1. The van der Waals surface area contributed by atoms with Crippen molar-refractivity contribution in [2.45, 2.75) is 20.4 Å². The first-order valence-electron chi connectivity index (χ1n) is 10.4. The molecule has 0 aliphatic carbocycles. The fourth-order valence-electron chi connectivity index (χ4n) is 3.35. The SMILES string of the molecule is CCOP(=O)(OCC)c1cccc(-c2cc(C(=O)OC)cc3c2nnn3C/C(F)=C/CN)c1. The van der Waals surface area contributed by atoms with Crippen molar-refractivity contribution < 1.29 is 27.5 Å². The molecule has 1 aromatic heterocycles. The summed E-state index contributed by atoms with van der Waals surface area (Å²) in [7, 11) is -2.27. The lowest BCUT2D eigenvalue weighted by atomic mass is 10.0. The fraction of sp³-hybridized carbons (Fsp3) is 0.318. The Labute approximate surface area is 190 Å². The fourth-order valence-corrected chi connectivity index (χ4v) is 4.96. The van der Waals surface area contributed by atoms with Gasteiger partial charge in [0.25, 0.3) is 0 Å². The molecule has 9 nitrogen and oxygen atoms in total. The third-order valence-electron chi connectivity index (χ3n) is 4.75. The van der Waals surface area contributed by atoms with Crippen molar-refractivity contribution in [3.05, 3.63) is 53.9 Å². The third kappa shape index (κ3) is 5.36. The second-order valence-corrected chi connectivity index (χ2v) is 8.93. The van der Waals surface area contributed by atoms with E-state index in [-0.39, 0.29) is 31.9 Å². The lowest BCUT2D eigenvalue weighted by Gasteiger charge is -2.18. The molecule has 3 aromatic rings. The topological polar surface area (TPSA) is 119 Å². The molecule has 0 amide bonds. The summed E-state index contributed by atoms with van der Waals surface area (Å²) in [6.07, 6.45) is 1.24. The molecule has 0 saturated heterocycles. The van der Waals surface area contributed by atoms with Gasteiger partial charge in [-0.2, -0.15) is 0 Å². The number of fused-ring (bicyclic) bond motifs is 1. The average molecular weight is 476 g/mol. The van der Waals surface area contributed by atoms with Gasteiger partial charge in [0.15, 0.2) is 0 Å². The molecular formula is C22H26FN4O5P. The Balaban J connectivity index is 2.20. The Morgan fingerprint density at radius 2 is 1.94 bits per heavy atom. The van der Waals surface area contributed by atoms with Crippen molar-refractivity contribution >= 4 is 29.9 Å². The number of halogens is 1. The summed E-state index contributed by atoms with van der Waals surface area (Å²) in [6.45, 7) is 3.73. The van der Waals surface area contributed by atoms with E-state index in [9.17, 15) is 13.8 Å². The summed E-state index contributed by atoms with van der Waals surface area (Å²) in [6, 6.07) is 9.94. The Morgan fingerprint density at radius 1 is 1.21 bits per heavy atom. The van der Waals surface area contributed by atoms with Gasteiger partial charge >= 0.3 is 13.6 Å². The maximum atomic E-state index is 14.1. The van der Waals surface area contributed by atoms with Gasteiger partial charge in [-0.05, 0) is 49.8 Å². The summed E-state index contributed by atoms with van der Waals surface area (Å²) >= 11 is 0. The Hall–Kier alpha value is -2.91. The highest BCUT2D eigenvalue weighted by Crippen LogP contribution is 2.47. The van der Waals surface area contributed by atoms with Crippen LogP contribution in [0.5, 0.6) is 0 Å². The molecule has 176 valence electrons. The minimum atomic E-state index is -3.54. The number of carbonyl (C=O) groups excluding carboxylic acids is 1. The van der Waals surface area contributed by atoms with Crippen molar-refractivity contribution in [1.29, 1.82) is 0 Å². The quantitative estimate of drug-likeness (QED) is 0.348. The number of carbonyl (C=O) groups is 1.